The summed E-state index contributed by atoms with van der Waals surface area (Å²) in [6.45, 7) is 4.02. The van der Waals surface area contributed by atoms with Crippen molar-refractivity contribution < 1.29 is 4.79 Å². The molecule has 4 nitrogen and oxygen atoms in total. The third kappa shape index (κ3) is 4.70. The van der Waals surface area contributed by atoms with Crippen LogP contribution >= 0.6 is 11.3 Å². The van der Waals surface area contributed by atoms with E-state index in [9.17, 15) is 4.79 Å². The molecule has 0 saturated carbocycles. The molecular weight excluding hydrogens is 378 g/mol. The summed E-state index contributed by atoms with van der Waals surface area (Å²) >= 11 is 1.62. The van der Waals surface area contributed by atoms with Crippen LogP contribution in [0.25, 0.3) is 21.8 Å². The van der Waals surface area contributed by atoms with Gasteiger partial charge in [-0.25, -0.2) is 9.78 Å². The van der Waals surface area contributed by atoms with Crippen LogP contribution in [-0.4, -0.2) is 11.0 Å². The van der Waals surface area contributed by atoms with Gasteiger partial charge in [-0.3, -0.25) is 0 Å². The number of rotatable bonds is 4. The molecule has 0 fully saturated rings. The maximum Gasteiger partial charge on any atom is 0.323 e. The van der Waals surface area contributed by atoms with Gasteiger partial charge in [0.25, 0.3) is 0 Å². The number of amides is 2. The largest absolute Gasteiger partial charge is 0.323 e. The molecule has 0 aliphatic heterocycles. The summed E-state index contributed by atoms with van der Waals surface area (Å²) in [5.41, 5.74) is 6.81. The van der Waals surface area contributed by atoms with Crippen LogP contribution < -0.4 is 10.6 Å². The fourth-order valence-electron chi connectivity index (χ4n) is 3.18. The molecule has 0 aliphatic carbocycles. The van der Waals surface area contributed by atoms with Crippen molar-refractivity contribution in [3.63, 3.8) is 0 Å². The van der Waals surface area contributed by atoms with E-state index in [1.807, 2.05) is 68.4 Å². The highest BCUT2D eigenvalue weighted by Gasteiger charge is 2.08. The minimum absolute atomic E-state index is 0.261. The van der Waals surface area contributed by atoms with Gasteiger partial charge in [0.05, 0.1) is 5.69 Å². The van der Waals surface area contributed by atoms with Crippen LogP contribution in [0, 0.1) is 13.8 Å². The van der Waals surface area contributed by atoms with E-state index in [1.54, 1.807) is 11.3 Å². The highest BCUT2D eigenvalue weighted by molar-refractivity contribution is 7.13. The fraction of sp³-hybridized carbons (Fsp3) is 0.0833. The van der Waals surface area contributed by atoms with Gasteiger partial charge in [-0.2, -0.15) is 0 Å². The molecule has 0 saturated heterocycles. The van der Waals surface area contributed by atoms with E-state index in [-0.39, 0.29) is 6.03 Å². The van der Waals surface area contributed by atoms with Crippen LogP contribution in [0.3, 0.4) is 0 Å². The second-order valence-electron chi connectivity index (χ2n) is 6.94. The number of carbonyl (C=O) groups is 1. The zero-order chi connectivity index (χ0) is 20.2. The van der Waals surface area contributed by atoms with Crippen molar-refractivity contribution in [3.05, 3.63) is 89.3 Å². The SMILES string of the molecule is Cc1cc(C)cc(NC(=O)Nc2ccc(-c3csc(-c4ccccc4)n3)cc2)c1. The number of carbonyl (C=O) groups excluding carboxylic acids is 1. The fourth-order valence-corrected chi connectivity index (χ4v) is 4.02. The second kappa shape index (κ2) is 8.29. The van der Waals surface area contributed by atoms with Gasteiger partial charge in [0, 0.05) is 27.9 Å². The first kappa shape index (κ1) is 18.9. The molecule has 0 unspecified atom stereocenters. The van der Waals surface area contributed by atoms with Crippen LogP contribution in [0.15, 0.2) is 78.2 Å². The number of urea groups is 1. The molecule has 4 rings (SSSR count). The third-order valence-corrected chi connectivity index (χ3v) is 5.33. The smallest absolute Gasteiger partial charge is 0.308 e. The molecule has 4 aromatic rings. The minimum Gasteiger partial charge on any atom is -0.308 e. The molecule has 0 atom stereocenters. The van der Waals surface area contributed by atoms with Crippen molar-refractivity contribution >= 4 is 28.7 Å². The number of thiazole rings is 1. The van der Waals surface area contributed by atoms with Gasteiger partial charge >= 0.3 is 6.03 Å². The number of benzene rings is 3. The quantitative estimate of drug-likeness (QED) is 0.399. The molecule has 0 radical (unpaired) electrons. The average molecular weight is 400 g/mol. The first-order chi connectivity index (χ1) is 14.1. The van der Waals surface area contributed by atoms with Gasteiger partial charge in [-0.1, -0.05) is 48.5 Å². The number of anilines is 2. The Labute approximate surface area is 174 Å². The summed E-state index contributed by atoms with van der Waals surface area (Å²) < 4.78 is 0. The zero-order valence-corrected chi connectivity index (χ0v) is 17.1. The van der Waals surface area contributed by atoms with Crippen LogP contribution in [0.4, 0.5) is 16.2 Å². The summed E-state index contributed by atoms with van der Waals surface area (Å²) in [4.78, 5) is 17.0. The first-order valence-corrected chi connectivity index (χ1v) is 10.2. The van der Waals surface area contributed by atoms with Crippen LogP contribution in [0.2, 0.25) is 0 Å². The van der Waals surface area contributed by atoms with Gasteiger partial charge in [-0.05, 0) is 49.2 Å². The van der Waals surface area contributed by atoms with E-state index in [4.69, 9.17) is 4.98 Å². The van der Waals surface area contributed by atoms with E-state index < -0.39 is 0 Å². The molecule has 144 valence electrons. The van der Waals surface area contributed by atoms with Crippen molar-refractivity contribution in [2.45, 2.75) is 13.8 Å². The number of aromatic nitrogens is 1. The highest BCUT2D eigenvalue weighted by Crippen LogP contribution is 2.29. The van der Waals surface area contributed by atoms with Crippen molar-refractivity contribution in [3.8, 4) is 21.8 Å². The summed E-state index contributed by atoms with van der Waals surface area (Å²) in [5, 5.41) is 8.80. The van der Waals surface area contributed by atoms with Gasteiger partial charge < -0.3 is 10.6 Å². The molecule has 1 heterocycles. The molecule has 5 heteroatoms. The summed E-state index contributed by atoms with van der Waals surface area (Å²) in [6, 6.07) is 23.6. The average Bonchev–Trinajstić information content (AvgIpc) is 3.18. The third-order valence-electron chi connectivity index (χ3n) is 4.44. The van der Waals surface area contributed by atoms with Crippen LogP contribution in [-0.2, 0) is 0 Å². The number of hydrogen-bond acceptors (Lipinski definition) is 3. The Morgan fingerprint density at radius 3 is 2.14 bits per heavy atom. The predicted molar refractivity (Wildman–Crippen MR) is 122 cm³/mol. The Morgan fingerprint density at radius 2 is 1.45 bits per heavy atom. The van der Waals surface area contributed by atoms with Crippen molar-refractivity contribution in [1.82, 2.24) is 4.98 Å². The maximum atomic E-state index is 12.3. The summed E-state index contributed by atoms with van der Waals surface area (Å²) in [7, 11) is 0. The Morgan fingerprint density at radius 1 is 0.793 bits per heavy atom. The molecule has 0 aliphatic rings. The standard InChI is InChI=1S/C24H21N3OS/c1-16-12-17(2)14-21(13-16)26-24(28)25-20-10-8-18(9-11-20)22-15-29-23(27-22)19-6-4-3-5-7-19/h3-15H,1-2H3,(H2,25,26,28). The lowest BCUT2D eigenvalue weighted by Crippen LogP contribution is -2.19. The minimum atomic E-state index is -0.261. The molecule has 1 aromatic heterocycles. The molecule has 2 N–H and O–H groups in total. The van der Waals surface area contributed by atoms with E-state index in [0.29, 0.717) is 0 Å². The number of nitrogens with zero attached hydrogens (tertiary/aromatic N) is 1. The van der Waals surface area contributed by atoms with E-state index in [0.717, 1.165) is 44.3 Å². The monoisotopic (exact) mass is 399 g/mol. The van der Waals surface area contributed by atoms with Gasteiger partial charge in [0.1, 0.15) is 5.01 Å². The maximum absolute atomic E-state index is 12.3. The summed E-state index contributed by atoms with van der Waals surface area (Å²) in [6.07, 6.45) is 0. The molecule has 3 aromatic carbocycles. The lowest BCUT2D eigenvalue weighted by atomic mass is 10.1. The molecule has 0 spiro atoms. The van der Waals surface area contributed by atoms with Crippen molar-refractivity contribution in [2.24, 2.45) is 0 Å². The lowest BCUT2D eigenvalue weighted by Gasteiger charge is -2.09. The van der Waals surface area contributed by atoms with E-state index >= 15 is 0 Å². The zero-order valence-electron chi connectivity index (χ0n) is 16.3. The van der Waals surface area contributed by atoms with Crippen LogP contribution in [0.5, 0.6) is 0 Å². The normalized spacial score (nSPS) is 10.6. The molecular formula is C24H21N3OS. The van der Waals surface area contributed by atoms with Crippen LogP contribution in [0.1, 0.15) is 11.1 Å². The lowest BCUT2D eigenvalue weighted by molar-refractivity contribution is 0.262. The Hall–Kier alpha value is -3.44. The van der Waals surface area contributed by atoms with E-state index in [2.05, 4.69) is 34.2 Å². The van der Waals surface area contributed by atoms with Gasteiger partial charge in [0.2, 0.25) is 0 Å². The van der Waals surface area contributed by atoms with Crippen molar-refractivity contribution in [2.75, 3.05) is 10.6 Å². The van der Waals surface area contributed by atoms with Gasteiger partial charge in [-0.15, -0.1) is 11.3 Å². The topological polar surface area (TPSA) is 54.0 Å². The van der Waals surface area contributed by atoms with Gasteiger partial charge in [0.15, 0.2) is 0 Å². The predicted octanol–water partition coefficient (Wildman–Crippen LogP) is 6.74. The summed E-state index contributed by atoms with van der Waals surface area (Å²) in [5.74, 6) is 0. The number of nitrogens with one attached hydrogen (secondary N) is 2. The molecule has 29 heavy (non-hydrogen) atoms. The molecule has 2 amide bonds. The Kier molecular flexibility index (Phi) is 5.40. The Balaban J connectivity index is 1.43. The number of hydrogen-bond donors (Lipinski definition) is 2. The van der Waals surface area contributed by atoms with Crippen molar-refractivity contribution in [1.29, 1.82) is 0 Å². The van der Waals surface area contributed by atoms with E-state index in [1.165, 1.54) is 0 Å². The molecule has 0 bridgehead atoms. The number of aryl methyl sites for hydroxylation is 2. The highest BCUT2D eigenvalue weighted by atomic mass is 32.1. The Bertz CT molecular complexity index is 1110. The first-order valence-electron chi connectivity index (χ1n) is 9.34. The second-order valence-corrected chi connectivity index (χ2v) is 7.79.